The molecule has 1 aromatic heterocycles. The number of aromatic nitrogens is 1. The standard InChI is InChI=1S/C14H24N2S/c1-5-15-12(4)13-6-7-14(16-10-13)17-9-8-11(2)3/h6-7,10-12,15H,5,8-9H2,1-4H3. The molecule has 1 rings (SSSR count). The Morgan fingerprint density at radius 2 is 2.06 bits per heavy atom. The van der Waals surface area contributed by atoms with E-state index in [0.717, 1.165) is 23.2 Å². The summed E-state index contributed by atoms with van der Waals surface area (Å²) in [5, 5.41) is 4.53. The molecule has 0 fully saturated rings. The number of thioether (sulfide) groups is 1. The minimum atomic E-state index is 0.391. The zero-order chi connectivity index (χ0) is 12.7. The Hall–Kier alpha value is -0.540. The summed E-state index contributed by atoms with van der Waals surface area (Å²) in [5.74, 6) is 1.93. The van der Waals surface area contributed by atoms with Crippen molar-refractivity contribution < 1.29 is 0 Å². The van der Waals surface area contributed by atoms with Crippen LogP contribution in [0.15, 0.2) is 23.4 Å². The van der Waals surface area contributed by atoms with Gasteiger partial charge >= 0.3 is 0 Å². The van der Waals surface area contributed by atoms with Gasteiger partial charge in [-0.15, -0.1) is 11.8 Å². The lowest BCUT2D eigenvalue weighted by atomic mass is 10.1. The molecule has 17 heavy (non-hydrogen) atoms. The van der Waals surface area contributed by atoms with Crippen molar-refractivity contribution in [1.29, 1.82) is 0 Å². The molecule has 1 N–H and O–H groups in total. The molecule has 0 saturated carbocycles. The molecule has 0 spiro atoms. The van der Waals surface area contributed by atoms with Crippen LogP contribution in [-0.4, -0.2) is 17.3 Å². The summed E-state index contributed by atoms with van der Waals surface area (Å²) in [6.45, 7) is 9.81. The van der Waals surface area contributed by atoms with E-state index < -0.39 is 0 Å². The predicted octanol–water partition coefficient (Wildman–Crippen LogP) is 3.89. The van der Waals surface area contributed by atoms with Crippen LogP contribution < -0.4 is 5.32 Å². The summed E-state index contributed by atoms with van der Waals surface area (Å²) in [7, 11) is 0. The normalized spacial score (nSPS) is 13.0. The van der Waals surface area contributed by atoms with Gasteiger partial charge in [-0.2, -0.15) is 0 Å². The smallest absolute Gasteiger partial charge is 0.0960 e. The lowest BCUT2D eigenvalue weighted by Gasteiger charge is -2.12. The zero-order valence-corrected chi connectivity index (χ0v) is 12.2. The summed E-state index contributed by atoms with van der Waals surface area (Å²) in [5.41, 5.74) is 1.26. The summed E-state index contributed by atoms with van der Waals surface area (Å²) in [4.78, 5) is 4.50. The molecule has 0 aliphatic rings. The highest BCUT2D eigenvalue weighted by molar-refractivity contribution is 7.99. The van der Waals surface area contributed by atoms with Gasteiger partial charge in [0.1, 0.15) is 0 Å². The van der Waals surface area contributed by atoms with Crippen molar-refractivity contribution in [2.45, 2.75) is 45.2 Å². The SMILES string of the molecule is CCNC(C)c1ccc(SCCC(C)C)nc1. The van der Waals surface area contributed by atoms with Crippen LogP contribution >= 0.6 is 11.8 Å². The molecule has 0 amide bonds. The summed E-state index contributed by atoms with van der Waals surface area (Å²) >= 11 is 1.85. The van der Waals surface area contributed by atoms with Gasteiger partial charge in [0.2, 0.25) is 0 Å². The summed E-state index contributed by atoms with van der Waals surface area (Å²) in [6, 6.07) is 4.70. The quantitative estimate of drug-likeness (QED) is 0.745. The van der Waals surface area contributed by atoms with E-state index in [1.165, 1.54) is 12.0 Å². The van der Waals surface area contributed by atoms with Gasteiger partial charge in [0, 0.05) is 12.2 Å². The lowest BCUT2D eigenvalue weighted by molar-refractivity contribution is 0.595. The third-order valence-electron chi connectivity index (χ3n) is 2.71. The van der Waals surface area contributed by atoms with Crippen LogP contribution in [0.1, 0.15) is 45.7 Å². The second-order valence-corrected chi connectivity index (χ2v) is 5.86. The second kappa shape index (κ2) is 7.72. The van der Waals surface area contributed by atoms with Crippen LogP contribution in [0, 0.1) is 5.92 Å². The van der Waals surface area contributed by atoms with E-state index in [1.54, 1.807) is 0 Å². The van der Waals surface area contributed by atoms with Gasteiger partial charge < -0.3 is 5.32 Å². The first kappa shape index (κ1) is 14.5. The highest BCUT2D eigenvalue weighted by atomic mass is 32.2. The lowest BCUT2D eigenvalue weighted by Crippen LogP contribution is -2.17. The molecule has 0 aliphatic carbocycles. The Balaban J connectivity index is 2.44. The van der Waals surface area contributed by atoms with Crippen molar-refractivity contribution in [1.82, 2.24) is 10.3 Å². The van der Waals surface area contributed by atoms with Crippen LogP contribution in [0.2, 0.25) is 0 Å². The molecule has 1 atom stereocenters. The fourth-order valence-corrected chi connectivity index (χ4v) is 2.65. The number of hydrogen-bond acceptors (Lipinski definition) is 3. The van der Waals surface area contributed by atoms with Gasteiger partial charge in [0.15, 0.2) is 0 Å². The fraction of sp³-hybridized carbons (Fsp3) is 0.643. The molecule has 2 nitrogen and oxygen atoms in total. The monoisotopic (exact) mass is 252 g/mol. The van der Waals surface area contributed by atoms with Gasteiger partial charge in [-0.3, -0.25) is 0 Å². The number of pyridine rings is 1. The number of hydrogen-bond donors (Lipinski definition) is 1. The van der Waals surface area contributed by atoms with Crippen molar-refractivity contribution in [2.75, 3.05) is 12.3 Å². The fourth-order valence-electron chi connectivity index (χ4n) is 1.56. The third-order valence-corrected chi connectivity index (χ3v) is 3.69. The summed E-state index contributed by atoms with van der Waals surface area (Å²) in [6.07, 6.45) is 3.24. The molecule has 1 unspecified atom stereocenters. The van der Waals surface area contributed by atoms with Crippen molar-refractivity contribution in [3.05, 3.63) is 23.9 Å². The Morgan fingerprint density at radius 1 is 1.29 bits per heavy atom. The maximum Gasteiger partial charge on any atom is 0.0960 e. The van der Waals surface area contributed by atoms with Crippen LogP contribution in [0.4, 0.5) is 0 Å². The van der Waals surface area contributed by atoms with Gasteiger partial charge in [0.05, 0.1) is 5.03 Å². The molecule has 0 bridgehead atoms. The van der Waals surface area contributed by atoms with E-state index in [2.05, 4.69) is 50.1 Å². The van der Waals surface area contributed by atoms with Gasteiger partial charge in [-0.05, 0) is 43.2 Å². The Kier molecular flexibility index (Phi) is 6.60. The first-order valence-corrected chi connectivity index (χ1v) is 7.44. The van der Waals surface area contributed by atoms with Crippen LogP contribution in [0.3, 0.4) is 0 Å². The maximum atomic E-state index is 4.50. The van der Waals surface area contributed by atoms with E-state index in [0.29, 0.717) is 6.04 Å². The maximum absolute atomic E-state index is 4.50. The van der Waals surface area contributed by atoms with Gasteiger partial charge in [-0.1, -0.05) is 26.8 Å². The molecule has 0 saturated heterocycles. The first-order valence-electron chi connectivity index (χ1n) is 6.45. The number of rotatable bonds is 7. The minimum absolute atomic E-state index is 0.391. The third kappa shape index (κ3) is 5.55. The van der Waals surface area contributed by atoms with Crippen LogP contribution in [0.5, 0.6) is 0 Å². The molecule has 1 heterocycles. The molecule has 3 heteroatoms. The molecule has 0 radical (unpaired) electrons. The molecule has 0 aromatic carbocycles. The Morgan fingerprint density at radius 3 is 2.59 bits per heavy atom. The van der Waals surface area contributed by atoms with Crippen molar-refractivity contribution in [3.63, 3.8) is 0 Å². The highest BCUT2D eigenvalue weighted by Crippen LogP contribution is 2.20. The molecular formula is C14H24N2S. The van der Waals surface area contributed by atoms with E-state index >= 15 is 0 Å². The first-order chi connectivity index (χ1) is 8.13. The van der Waals surface area contributed by atoms with Crippen molar-refractivity contribution in [2.24, 2.45) is 5.92 Å². The number of nitrogens with zero attached hydrogens (tertiary/aromatic N) is 1. The number of nitrogens with one attached hydrogen (secondary N) is 1. The van der Waals surface area contributed by atoms with E-state index in [1.807, 2.05) is 18.0 Å². The van der Waals surface area contributed by atoms with E-state index in [4.69, 9.17) is 0 Å². The average molecular weight is 252 g/mol. The van der Waals surface area contributed by atoms with Crippen molar-refractivity contribution in [3.8, 4) is 0 Å². The predicted molar refractivity (Wildman–Crippen MR) is 76.5 cm³/mol. The second-order valence-electron chi connectivity index (χ2n) is 4.74. The summed E-state index contributed by atoms with van der Waals surface area (Å²) < 4.78 is 0. The van der Waals surface area contributed by atoms with E-state index in [-0.39, 0.29) is 0 Å². The topological polar surface area (TPSA) is 24.9 Å². The zero-order valence-electron chi connectivity index (χ0n) is 11.4. The minimum Gasteiger partial charge on any atom is -0.310 e. The van der Waals surface area contributed by atoms with Crippen LogP contribution in [-0.2, 0) is 0 Å². The molecule has 96 valence electrons. The molecular weight excluding hydrogens is 228 g/mol. The molecule has 1 aromatic rings. The molecule has 0 aliphatic heterocycles. The Bertz CT molecular complexity index is 309. The van der Waals surface area contributed by atoms with Crippen molar-refractivity contribution >= 4 is 11.8 Å². The Labute approximate surface area is 110 Å². The average Bonchev–Trinajstić information content (AvgIpc) is 2.30. The van der Waals surface area contributed by atoms with E-state index in [9.17, 15) is 0 Å². The highest BCUT2D eigenvalue weighted by Gasteiger charge is 2.04. The van der Waals surface area contributed by atoms with Gasteiger partial charge in [-0.25, -0.2) is 4.98 Å². The largest absolute Gasteiger partial charge is 0.310 e. The van der Waals surface area contributed by atoms with Crippen LogP contribution in [0.25, 0.3) is 0 Å². The van der Waals surface area contributed by atoms with Gasteiger partial charge in [0.25, 0.3) is 0 Å².